The topological polar surface area (TPSA) is 77.8 Å². The van der Waals surface area contributed by atoms with E-state index < -0.39 is 24.7 Å². The number of hydrogen-bond donors (Lipinski definition) is 1. The Labute approximate surface area is 214 Å². The summed E-state index contributed by atoms with van der Waals surface area (Å²) in [6, 6.07) is 17.4. The lowest BCUT2D eigenvalue weighted by atomic mass is 10.0. The number of ether oxygens (including phenoxy) is 2. The summed E-state index contributed by atoms with van der Waals surface area (Å²) < 4.78 is 49.7. The molecule has 10 heteroatoms. The first kappa shape index (κ1) is 26.1. The number of Topliss-reactive ketones (excluding diaryl/α,β-unsaturated/α-hetero) is 1. The smallest absolute Gasteiger partial charge is 0.482 e. The number of benzene rings is 3. The third kappa shape index (κ3) is 6.24. The van der Waals surface area contributed by atoms with Crippen LogP contribution in [0, 0.1) is 6.92 Å². The monoisotopic (exact) mass is 531 g/mol. The van der Waals surface area contributed by atoms with Gasteiger partial charge in [0.1, 0.15) is 11.5 Å². The van der Waals surface area contributed by atoms with Crippen LogP contribution in [0.4, 0.5) is 13.2 Å². The van der Waals surface area contributed by atoms with Gasteiger partial charge in [-0.1, -0.05) is 29.8 Å². The molecule has 0 saturated heterocycles. The predicted molar refractivity (Wildman–Crippen MR) is 132 cm³/mol. The van der Waals surface area contributed by atoms with E-state index in [1.54, 1.807) is 47.9 Å². The van der Waals surface area contributed by atoms with Crippen molar-refractivity contribution in [1.29, 1.82) is 0 Å². The molecule has 0 spiro atoms. The maximum atomic E-state index is 13.4. The van der Waals surface area contributed by atoms with Crippen LogP contribution >= 0.6 is 11.6 Å². The molecule has 1 N–H and O–H groups in total. The van der Waals surface area contributed by atoms with E-state index in [0.717, 1.165) is 5.56 Å². The van der Waals surface area contributed by atoms with Crippen molar-refractivity contribution in [2.24, 2.45) is 0 Å². The van der Waals surface area contributed by atoms with Gasteiger partial charge in [-0.05, 0) is 55.3 Å². The Bertz CT molecular complexity index is 1460. The van der Waals surface area contributed by atoms with Crippen LogP contribution in [0.2, 0.25) is 5.02 Å². The summed E-state index contributed by atoms with van der Waals surface area (Å²) >= 11 is 5.93. The zero-order chi connectivity index (χ0) is 26.7. The van der Waals surface area contributed by atoms with Gasteiger partial charge in [-0.3, -0.25) is 4.79 Å². The van der Waals surface area contributed by atoms with E-state index in [-0.39, 0.29) is 18.0 Å². The molecule has 0 aliphatic heterocycles. The van der Waals surface area contributed by atoms with Crippen LogP contribution in [0.15, 0.2) is 66.7 Å². The van der Waals surface area contributed by atoms with Gasteiger partial charge in [0.2, 0.25) is 0 Å². The normalized spacial score (nSPS) is 11.5. The highest BCUT2D eigenvalue weighted by Crippen LogP contribution is 2.35. The molecular formula is C27H21ClF3NO5. The van der Waals surface area contributed by atoms with Crippen LogP contribution in [-0.2, 0) is 11.2 Å². The quantitative estimate of drug-likeness (QED) is 0.241. The van der Waals surface area contributed by atoms with E-state index >= 15 is 0 Å². The number of rotatable bonds is 9. The van der Waals surface area contributed by atoms with Crippen LogP contribution in [0.5, 0.6) is 11.5 Å². The third-order valence-electron chi connectivity index (χ3n) is 5.68. The molecule has 37 heavy (non-hydrogen) atoms. The fraction of sp³-hybridized carbons (Fsp3) is 0.185. The van der Waals surface area contributed by atoms with Crippen LogP contribution in [0.1, 0.15) is 28.0 Å². The van der Waals surface area contributed by atoms with E-state index in [0.29, 0.717) is 39.3 Å². The highest BCUT2D eigenvalue weighted by atomic mass is 35.5. The Kier molecular flexibility index (Phi) is 7.45. The maximum Gasteiger partial charge on any atom is 0.573 e. The van der Waals surface area contributed by atoms with Crippen LogP contribution < -0.4 is 9.47 Å². The molecule has 0 unspecified atom stereocenters. The summed E-state index contributed by atoms with van der Waals surface area (Å²) in [6.45, 7) is 1.14. The summed E-state index contributed by atoms with van der Waals surface area (Å²) in [5.41, 5.74) is 2.61. The number of nitrogens with zero attached hydrogens (tertiary/aromatic N) is 1. The number of carboxylic acid groups (broad SMARTS) is 1. The fourth-order valence-electron chi connectivity index (χ4n) is 4.17. The van der Waals surface area contributed by atoms with E-state index in [9.17, 15) is 22.8 Å². The Morgan fingerprint density at radius 2 is 1.73 bits per heavy atom. The largest absolute Gasteiger partial charge is 0.573 e. The number of aromatic nitrogens is 1. The van der Waals surface area contributed by atoms with Crippen molar-refractivity contribution >= 4 is 34.3 Å². The van der Waals surface area contributed by atoms with Crippen molar-refractivity contribution in [3.05, 3.63) is 88.6 Å². The standard InChI is InChI=1S/C27H21ClF3NO5/c1-16-26(24(33)12-7-17-5-8-18(28)9-6-17)22-11-10-21(37-27(29,30)31)14-23(22)32(16)19-3-2-4-20(13-19)36-15-25(34)35/h2-6,8-11,13-14H,7,12,15H2,1H3,(H,34,35). The lowest BCUT2D eigenvalue weighted by Gasteiger charge is -2.12. The van der Waals surface area contributed by atoms with E-state index in [4.69, 9.17) is 21.4 Å². The summed E-state index contributed by atoms with van der Waals surface area (Å²) in [5.74, 6) is -1.52. The molecule has 1 heterocycles. The number of carboxylic acids is 1. The minimum atomic E-state index is -4.89. The number of hydrogen-bond acceptors (Lipinski definition) is 4. The molecule has 0 aliphatic carbocycles. The predicted octanol–water partition coefficient (Wildman–Crippen LogP) is 6.77. The SMILES string of the molecule is Cc1c(C(=O)CCc2ccc(Cl)cc2)c2ccc(OC(F)(F)F)cc2n1-c1cccc(OCC(=O)O)c1. The second kappa shape index (κ2) is 10.6. The average Bonchev–Trinajstić information content (AvgIpc) is 3.12. The molecule has 1 aromatic heterocycles. The first-order chi connectivity index (χ1) is 17.5. The van der Waals surface area contributed by atoms with Gasteiger partial charge in [-0.15, -0.1) is 13.2 Å². The van der Waals surface area contributed by atoms with E-state index in [1.165, 1.54) is 18.2 Å². The highest BCUT2D eigenvalue weighted by molar-refractivity contribution is 6.30. The molecule has 0 fully saturated rings. The third-order valence-corrected chi connectivity index (χ3v) is 5.93. The lowest BCUT2D eigenvalue weighted by molar-refractivity contribution is -0.274. The minimum absolute atomic E-state index is 0.171. The van der Waals surface area contributed by atoms with Crippen LogP contribution in [0.25, 0.3) is 16.6 Å². The van der Waals surface area contributed by atoms with Crippen LogP contribution in [0.3, 0.4) is 0 Å². The zero-order valence-electron chi connectivity index (χ0n) is 19.5. The summed E-state index contributed by atoms with van der Waals surface area (Å²) in [7, 11) is 0. The number of ketones is 1. The van der Waals surface area contributed by atoms with Crippen LogP contribution in [-0.4, -0.2) is 34.4 Å². The number of carbonyl (C=O) groups excluding carboxylic acids is 1. The average molecular weight is 532 g/mol. The van der Waals surface area contributed by atoms with E-state index in [2.05, 4.69) is 4.74 Å². The van der Waals surface area contributed by atoms with Crippen molar-refractivity contribution < 1.29 is 37.3 Å². The van der Waals surface area contributed by atoms with Crippen molar-refractivity contribution in [3.63, 3.8) is 0 Å². The Hall–Kier alpha value is -3.98. The molecule has 6 nitrogen and oxygen atoms in total. The zero-order valence-corrected chi connectivity index (χ0v) is 20.3. The second-order valence-corrected chi connectivity index (χ2v) is 8.69. The summed E-state index contributed by atoms with van der Waals surface area (Å²) in [6.07, 6.45) is -4.26. The first-order valence-corrected chi connectivity index (χ1v) is 11.5. The van der Waals surface area contributed by atoms with Crippen molar-refractivity contribution in [2.75, 3.05) is 6.61 Å². The highest BCUT2D eigenvalue weighted by Gasteiger charge is 2.31. The van der Waals surface area contributed by atoms with Gasteiger partial charge < -0.3 is 19.1 Å². The Balaban J connectivity index is 1.78. The van der Waals surface area contributed by atoms with Gasteiger partial charge in [0.25, 0.3) is 0 Å². The number of aliphatic carboxylic acids is 1. The van der Waals surface area contributed by atoms with Gasteiger partial charge in [-0.2, -0.15) is 0 Å². The molecule has 4 rings (SSSR count). The fourth-order valence-corrected chi connectivity index (χ4v) is 4.29. The molecule has 0 radical (unpaired) electrons. The molecule has 3 aromatic carbocycles. The Morgan fingerprint density at radius 1 is 1.00 bits per heavy atom. The van der Waals surface area contributed by atoms with Crippen molar-refractivity contribution in [1.82, 2.24) is 4.57 Å². The van der Waals surface area contributed by atoms with Crippen molar-refractivity contribution in [3.8, 4) is 17.2 Å². The summed E-state index contributed by atoms with van der Waals surface area (Å²) in [4.78, 5) is 24.3. The lowest BCUT2D eigenvalue weighted by Crippen LogP contribution is -2.17. The van der Waals surface area contributed by atoms with E-state index in [1.807, 2.05) is 12.1 Å². The molecule has 4 aromatic rings. The van der Waals surface area contributed by atoms with Crippen molar-refractivity contribution in [2.45, 2.75) is 26.1 Å². The molecular weight excluding hydrogens is 511 g/mol. The first-order valence-electron chi connectivity index (χ1n) is 11.2. The number of alkyl halides is 3. The molecule has 0 saturated carbocycles. The van der Waals surface area contributed by atoms with Gasteiger partial charge in [0, 0.05) is 45.9 Å². The van der Waals surface area contributed by atoms with Gasteiger partial charge in [0.15, 0.2) is 12.4 Å². The number of halogens is 4. The number of aryl methyl sites for hydroxylation is 1. The van der Waals surface area contributed by atoms with Gasteiger partial charge in [0.05, 0.1) is 5.52 Å². The number of carbonyl (C=O) groups is 2. The van der Waals surface area contributed by atoms with Gasteiger partial charge >= 0.3 is 12.3 Å². The molecule has 0 atom stereocenters. The maximum absolute atomic E-state index is 13.4. The number of fused-ring (bicyclic) bond motifs is 1. The second-order valence-electron chi connectivity index (χ2n) is 8.25. The molecule has 0 amide bonds. The molecule has 192 valence electrons. The minimum Gasteiger partial charge on any atom is -0.482 e. The summed E-state index contributed by atoms with van der Waals surface area (Å²) in [5, 5.41) is 9.95. The molecule has 0 bridgehead atoms. The Morgan fingerprint density at radius 3 is 2.41 bits per heavy atom. The van der Waals surface area contributed by atoms with Gasteiger partial charge in [-0.25, -0.2) is 4.79 Å². The molecule has 0 aliphatic rings.